The molecule has 0 amide bonds. The molecule has 0 unspecified atom stereocenters. The molecule has 7 heteroatoms. The molecule has 0 saturated carbocycles. The molecule has 0 aliphatic heterocycles. The normalized spacial score (nSPS) is 11.1. The molecule has 0 aromatic heterocycles. The van der Waals surface area contributed by atoms with Crippen molar-refractivity contribution in [1.82, 2.24) is 0 Å². The maximum atomic E-state index is 12.5. The largest absolute Gasteiger partial charge is 1.00 e. The van der Waals surface area contributed by atoms with E-state index < -0.39 is 10.1 Å². The van der Waals surface area contributed by atoms with E-state index in [9.17, 15) is 13.5 Å². The molecule has 0 radical (unpaired) electrons. The first-order valence-corrected chi connectivity index (χ1v) is 10.9. The molecule has 0 atom stereocenters. The minimum Gasteiger partial charge on any atom is -0.870 e. The monoisotopic (exact) mass is 414 g/mol. The average Bonchev–Trinajstić information content (AvgIpc) is 2.63. The fourth-order valence-electron chi connectivity index (χ4n) is 2.92. The van der Waals surface area contributed by atoms with Crippen molar-refractivity contribution < 1.29 is 52.4 Å². The molecule has 1 N–H and O–H groups in total. The minimum atomic E-state index is -4.25. The van der Waals surface area contributed by atoms with Crippen molar-refractivity contribution in [3.63, 3.8) is 0 Å². The topological polar surface area (TPSA) is 86.7 Å². The Labute approximate surface area is 190 Å². The molecule has 2 rings (SSSR count). The quantitative estimate of drug-likeness (QED) is 0.346. The zero-order valence-corrected chi connectivity index (χ0v) is 19.5. The van der Waals surface area contributed by atoms with E-state index in [0.29, 0.717) is 5.75 Å². The van der Waals surface area contributed by atoms with Crippen LogP contribution in [0.5, 0.6) is 17.2 Å². The zero-order valence-electron chi connectivity index (χ0n) is 16.7. The van der Waals surface area contributed by atoms with Gasteiger partial charge in [-0.2, -0.15) is 8.42 Å². The van der Waals surface area contributed by atoms with Gasteiger partial charge in [0.05, 0.1) is 4.90 Å². The number of hydrogen-bond donors (Lipinski definition) is 1. The molecule has 5 nitrogen and oxygen atoms in total. The molecule has 148 valence electrons. The Bertz CT molecular complexity index is 819. The van der Waals surface area contributed by atoms with Gasteiger partial charge in [0.1, 0.15) is 11.5 Å². The van der Waals surface area contributed by atoms with E-state index in [0.717, 1.165) is 24.8 Å². The minimum absolute atomic E-state index is 0. The van der Waals surface area contributed by atoms with Crippen LogP contribution in [-0.4, -0.2) is 13.0 Å². The molecule has 2 aromatic carbocycles. The van der Waals surface area contributed by atoms with Crippen molar-refractivity contribution in [1.29, 1.82) is 0 Å². The van der Waals surface area contributed by atoms with E-state index in [1.165, 1.54) is 56.4 Å². The van der Waals surface area contributed by atoms with E-state index in [1.54, 1.807) is 12.1 Å². The summed E-state index contributed by atoms with van der Waals surface area (Å²) in [6.07, 6.45) is 9.08. The molecule has 0 bridgehead atoms. The molecule has 0 heterocycles. The Balaban J connectivity index is 0.00000392. The second-order valence-corrected chi connectivity index (χ2v) is 8.09. The van der Waals surface area contributed by atoms with Crippen molar-refractivity contribution in [2.75, 3.05) is 0 Å². The Morgan fingerprint density at radius 1 is 0.929 bits per heavy atom. The number of aryl methyl sites for hydroxylation is 1. The van der Waals surface area contributed by atoms with Gasteiger partial charge in [-0.15, -0.1) is 0 Å². The number of para-hydroxylation sites is 1. The maximum absolute atomic E-state index is 12.5. The van der Waals surface area contributed by atoms with Crippen molar-refractivity contribution in [3.8, 4) is 17.2 Å². The number of benzene rings is 2. The summed E-state index contributed by atoms with van der Waals surface area (Å²) in [6.45, 7) is 2.20. The van der Waals surface area contributed by atoms with Crippen LogP contribution >= 0.6 is 0 Å². The number of rotatable bonds is 11. The third-order valence-electron chi connectivity index (χ3n) is 4.46. The molecule has 2 aromatic rings. The predicted octanol–water partition coefficient (Wildman–Crippen LogP) is 2.10. The fraction of sp³-hybridized carbons (Fsp3) is 0.429. The number of hydrogen-bond acceptors (Lipinski definition) is 4. The van der Waals surface area contributed by atoms with Crippen LogP contribution in [0.2, 0.25) is 0 Å². The molecular formula is C21H27NaO5S. The summed E-state index contributed by atoms with van der Waals surface area (Å²) < 4.78 is 36.7. The Morgan fingerprint density at radius 3 is 2.14 bits per heavy atom. The summed E-state index contributed by atoms with van der Waals surface area (Å²) in [5, 5.41) is 12.5. The fourth-order valence-corrected chi connectivity index (χ4v) is 3.40. The van der Waals surface area contributed by atoms with Crippen LogP contribution in [0.4, 0.5) is 0 Å². The van der Waals surface area contributed by atoms with Gasteiger partial charge in [-0.1, -0.05) is 68.9 Å². The zero-order chi connectivity index (χ0) is 19.7. The molecule has 0 aliphatic rings. The van der Waals surface area contributed by atoms with E-state index in [-0.39, 0.29) is 46.0 Å². The van der Waals surface area contributed by atoms with E-state index in [1.807, 2.05) is 6.07 Å². The second-order valence-electron chi connectivity index (χ2n) is 6.66. The van der Waals surface area contributed by atoms with Gasteiger partial charge in [0.2, 0.25) is 0 Å². The Hall–Kier alpha value is -1.05. The van der Waals surface area contributed by atoms with Crippen LogP contribution in [0, 0.1) is 0 Å². The molecule has 0 fully saturated rings. The van der Waals surface area contributed by atoms with Crippen LogP contribution in [0.3, 0.4) is 0 Å². The first-order valence-electron chi connectivity index (χ1n) is 9.46. The molecular weight excluding hydrogens is 387 g/mol. The molecule has 28 heavy (non-hydrogen) atoms. The van der Waals surface area contributed by atoms with Crippen LogP contribution in [0.1, 0.15) is 57.4 Å². The predicted molar refractivity (Wildman–Crippen MR) is 104 cm³/mol. The van der Waals surface area contributed by atoms with Gasteiger partial charge >= 0.3 is 29.6 Å². The summed E-state index contributed by atoms with van der Waals surface area (Å²) in [4.78, 5) is -0.218. The standard InChI is InChI=1S/C21H28O5S.Na/c1-2-3-4-5-6-7-8-10-17-11-9-12-20(21(17)22)26-18-13-15-19(16-14-18)27(23,24)25;/h9,11-16,22H,2-8,10H2,1H3,(H,23,24,25);/q;+1/p-1. The molecule has 0 aliphatic carbocycles. The van der Waals surface area contributed by atoms with Crippen molar-refractivity contribution in [3.05, 3.63) is 48.0 Å². The van der Waals surface area contributed by atoms with Gasteiger partial charge in [0.25, 0.3) is 10.1 Å². The second kappa shape index (κ2) is 12.5. The summed E-state index contributed by atoms with van der Waals surface area (Å²) in [5.41, 5.74) is 0.732. The smallest absolute Gasteiger partial charge is 0.870 e. The number of unbranched alkanes of at least 4 members (excludes halogenated alkanes) is 6. The molecule has 0 saturated heterocycles. The van der Waals surface area contributed by atoms with Gasteiger partial charge in [0.15, 0.2) is 0 Å². The first-order chi connectivity index (χ1) is 12.9. The van der Waals surface area contributed by atoms with Crippen molar-refractivity contribution in [2.45, 2.75) is 63.2 Å². The van der Waals surface area contributed by atoms with Crippen molar-refractivity contribution in [2.24, 2.45) is 0 Å². The number of ether oxygens (including phenoxy) is 1. The van der Waals surface area contributed by atoms with Gasteiger partial charge < -0.3 is 9.84 Å². The summed E-state index contributed by atoms with van der Waals surface area (Å²) >= 11 is 0. The third kappa shape index (κ3) is 8.13. The van der Waals surface area contributed by atoms with E-state index >= 15 is 0 Å². The maximum Gasteiger partial charge on any atom is 1.00 e. The Morgan fingerprint density at radius 2 is 1.54 bits per heavy atom. The summed E-state index contributed by atoms with van der Waals surface area (Å²) in [5.74, 6) is 0.421. The van der Waals surface area contributed by atoms with Gasteiger partial charge in [-0.3, -0.25) is 4.55 Å². The molecule has 0 spiro atoms. The van der Waals surface area contributed by atoms with Crippen LogP contribution in [0.15, 0.2) is 47.4 Å². The van der Waals surface area contributed by atoms with Crippen LogP contribution < -0.4 is 39.4 Å². The van der Waals surface area contributed by atoms with Crippen LogP contribution in [-0.2, 0) is 16.5 Å². The van der Waals surface area contributed by atoms with E-state index in [2.05, 4.69) is 6.92 Å². The van der Waals surface area contributed by atoms with Gasteiger partial charge in [-0.05, 0) is 43.2 Å². The first kappa shape index (κ1) is 25.0. The van der Waals surface area contributed by atoms with Gasteiger partial charge in [-0.25, -0.2) is 0 Å². The van der Waals surface area contributed by atoms with Crippen molar-refractivity contribution >= 4 is 10.1 Å². The third-order valence-corrected chi connectivity index (χ3v) is 5.33. The van der Waals surface area contributed by atoms with Crippen LogP contribution in [0.25, 0.3) is 0 Å². The van der Waals surface area contributed by atoms with E-state index in [4.69, 9.17) is 9.29 Å². The average molecular weight is 414 g/mol. The SMILES string of the molecule is CCCCCCCCCc1cccc(Oc2ccc(S(=O)(=O)O)cc2)c1[O-].[Na+]. The summed E-state index contributed by atoms with van der Waals surface area (Å²) in [7, 11) is -4.25. The Kier molecular flexibility index (Phi) is 11.2. The summed E-state index contributed by atoms with van der Waals surface area (Å²) in [6, 6.07) is 10.5. The van der Waals surface area contributed by atoms with Gasteiger partial charge in [0, 0.05) is 0 Å².